The molecule has 0 aliphatic carbocycles. The average molecular weight is 360 g/mol. The first-order valence-electron chi connectivity index (χ1n) is 8.18. The molecule has 0 unspecified atom stereocenters. The number of hydrogen-bond acceptors (Lipinski definition) is 4. The van der Waals surface area contributed by atoms with Crippen LogP contribution in [-0.4, -0.2) is 15.6 Å². The minimum atomic E-state index is -0.0194. The second kappa shape index (κ2) is 6.98. The van der Waals surface area contributed by atoms with E-state index in [1.54, 1.807) is 16.8 Å². The number of thiophene rings is 1. The molecule has 0 amide bonds. The molecule has 0 N–H and O–H groups in total. The summed E-state index contributed by atoms with van der Waals surface area (Å²) < 4.78 is 7.54. The Labute approximate surface area is 155 Å². The molecule has 0 saturated carbocycles. The standard InChI is InChI=1S/C21H16N2O2S/c1-15-9-12-19(25-15)21-16(10-11-18(24)20-8-5-13-26-20)14-23(22-21)17-6-3-2-4-7-17/h2-14H,1H3/b11-10+. The lowest BCUT2D eigenvalue weighted by Crippen LogP contribution is -1.93. The van der Waals surface area contributed by atoms with Gasteiger partial charge in [-0.1, -0.05) is 24.3 Å². The van der Waals surface area contributed by atoms with E-state index in [0.29, 0.717) is 16.3 Å². The molecular formula is C21H16N2O2S. The van der Waals surface area contributed by atoms with E-state index in [-0.39, 0.29) is 5.78 Å². The Kier molecular flexibility index (Phi) is 4.37. The molecule has 3 heterocycles. The number of para-hydroxylation sites is 1. The summed E-state index contributed by atoms with van der Waals surface area (Å²) in [5.74, 6) is 1.48. The molecule has 3 aromatic heterocycles. The fraction of sp³-hybridized carbons (Fsp3) is 0.0476. The van der Waals surface area contributed by atoms with Gasteiger partial charge in [-0.05, 0) is 54.8 Å². The van der Waals surface area contributed by atoms with Gasteiger partial charge in [-0.2, -0.15) is 5.10 Å². The molecular weight excluding hydrogens is 344 g/mol. The molecule has 0 spiro atoms. The molecule has 0 fully saturated rings. The summed E-state index contributed by atoms with van der Waals surface area (Å²) >= 11 is 1.43. The molecule has 1 aromatic carbocycles. The SMILES string of the molecule is Cc1ccc(-c2nn(-c3ccccc3)cc2/C=C/C(=O)c2cccs2)o1. The van der Waals surface area contributed by atoms with Gasteiger partial charge >= 0.3 is 0 Å². The third-order valence-corrected chi connectivity index (χ3v) is 4.80. The van der Waals surface area contributed by atoms with Crippen LogP contribution >= 0.6 is 11.3 Å². The number of rotatable bonds is 5. The van der Waals surface area contributed by atoms with E-state index in [2.05, 4.69) is 5.10 Å². The number of carbonyl (C=O) groups is 1. The van der Waals surface area contributed by atoms with Crippen LogP contribution in [0.1, 0.15) is 21.0 Å². The molecule has 0 bridgehead atoms. The molecule has 0 aliphatic rings. The highest BCUT2D eigenvalue weighted by atomic mass is 32.1. The van der Waals surface area contributed by atoms with E-state index in [9.17, 15) is 4.79 Å². The maximum Gasteiger partial charge on any atom is 0.195 e. The van der Waals surface area contributed by atoms with Gasteiger partial charge in [0.2, 0.25) is 0 Å². The van der Waals surface area contributed by atoms with Crippen LogP contribution in [0, 0.1) is 6.92 Å². The number of furan rings is 1. The molecule has 4 aromatic rings. The first-order valence-corrected chi connectivity index (χ1v) is 9.06. The number of carbonyl (C=O) groups excluding carboxylic acids is 1. The van der Waals surface area contributed by atoms with Crippen LogP contribution in [0.5, 0.6) is 0 Å². The number of allylic oxidation sites excluding steroid dienone is 1. The van der Waals surface area contributed by atoms with Crippen LogP contribution in [0.4, 0.5) is 0 Å². The fourth-order valence-electron chi connectivity index (χ4n) is 2.64. The molecule has 0 saturated heterocycles. The van der Waals surface area contributed by atoms with Crippen LogP contribution in [-0.2, 0) is 0 Å². The minimum absolute atomic E-state index is 0.0194. The summed E-state index contributed by atoms with van der Waals surface area (Å²) in [6.07, 6.45) is 5.28. The summed E-state index contributed by atoms with van der Waals surface area (Å²) in [7, 11) is 0. The second-order valence-corrected chi connectivity index (χ2v) is 6.75. The monoisotopic (exact) mass is 360 g/mol. The molecule has 26 heavy (non-hydrogen) atoms. The zero-order chi connectivity index (χ0) is 17.9. The summed E-state index contributed by atoms with van der Waals surface area (Å²) in [6, 6.07) is 17.3. The Morgan fingerprint density at radius 1 is 1.12 bits per heavy atom. The van der Waals surface area contributed by atoms with Crippen molar-refractivity contribution in [2.45, 2.75) is 6.92 Å². The van der Waals surface area contributed by atoms with Crippen molar-refractivity contribution in [3.8, 4) is 17.1 Å². The summed E-state index contributed by atoms with van der Waals surface area (Å²) in [5.41, 5.74) is 2.48. The van der Waals surface area contributed by atoms with Crippen molar-refractivity contribution < 1.29 is 9.21 Å². The zero-order valence-electron chi connectivity index (χ0n) is 14.1. The average Bonchev–Trinajstić information content (AvgIpc) is 3.41. The van der Waals surface area contributed by atoms with Crippen molar-refractivity contribution in [2.75, 3.05) is 0 Å². The number of nitrogens with zero attached hydrogens (tertiary/aromatic N) is 2. The van der Waals surface area contributed by atoms with Gasteiger partial charge in [-0.25, -0.2) is 4.68 Å². The Bertz CT molecular complexity index is 1060. The van der Waals surface area contributed by atoms with Gasteiger partial charge in [0, 0.05) is 11.8 Å². The van der Waals surface area contributed by atoms with Crippen LogP contribution < -0.4 is 0 Å². The first kappa shape index (κ1) is 16.3. The highest BCUT2D eigenvalue weighted by Crippen LogP contribution is 2.27. The summed E-state index contributed by atoms with van der Waals surface area (Å²) in [5, 5.41) is 6.56. The topological polar surface area (TPSA) is 48.0 Å². The molecule has 0 atom stereocenters. The predicted molar refractivity (Wildman–Crippen MR) is 104 cm³/mol. The van der Waals surface area contributed by atoms with Gasteiger partial charge in [0.25, 0.3) is 0 Å². The van der Waals surface area contributed by atoms with Crippen molar-refractivity contribution in [3.05, 3.63) is 88.5 Å². The van der Waals surface area contributed by atoms with Gasteiger partial charge in [-0.3, -0.25) is 4.79 Å². The van der Waals surface area contributed by atoms with Crippen LogP contribution in [0.15, 0.2) is 76.7 Å². The van der Waals surface area contributed by atoms with Crippen molar-refractivity contribution >= 4 is 23.2 Å². The Hall–Kier alpha value is -3.18. The number of hydrogen-bond donors (Lipinski definition) is 0. The fourth-order valence-corrected chi connectivity index (χ4v) is 3.29. The number of benzene rings is 1. The highest BCUT2D eigenvalue weighted by molar-refractivity contribution is 7.12. The van der Waals surface area contributed by atoms with E-state index in [4.69, 9.17) is 4.42 Å². The number of aromatic nitrogens is 2. The van der Waals surface area contributed by atoms with Crippen molar-refractivity contribution in [1.29, 1.82) is 0 Å². The predicted octanol–water partition coefficient (Wildman–Crippen LogP) is 5.40. The molecule has 4 nitrogen and oxygen atoms in total. The van der Waals surface area contributed by atoms with E-state index in [1.807, 2.05) is 73.1 Å². The highest BCUT2D eigenvalue weighted by Gasteiger charge is 2.14. The van der Waals surface area contributed by atoms with Crippen LogP contribution in [0.2, 0.25) is 0 Å². The maximum absolute atomic E-state index is 12.3. The lowest BCUT2D eigenvalue weighted by molar-refractivity contribution is 0.105. The van der Waals surface area contributed by atoms with Crippen molar-refractivity contribution in [2.24, 2.45) is 0 Å². The summed E-state index contributed by atoms with van der Waals surface area (Å²) in [6.45, 7) is 1.90. The largest absolute Gasteiger partial charge is 0.460 e. The summed E-state index contributed by atoms with van der Waals surface area (Å²) in [4.78, 5) is 13.0. The van der Waals surface area contributed by atoms with E-state index >= 15 is 0 Å². The van der Waals surface area contributed by atoms with Gasteiger partial charge < -0.3 is 4.42 Å². The van der Waals surface area contributed by atoms with Crippen molar-refractivity contribution in [1.82, 2.24) is 9.78 Å². The smallest absolute Gasteiger partial charge is 0.195 e. The van der Waals surface area contributed by atoms with Crippen LogP contribution in [0.3, 0.4) is 0 Å². The minimum Gasteiger partial charge on any atom is -0.460 e. The Morgan fingerprint density at radius 2 is 1.96 bits per heavy atom. The first-order chi connectivity index (χ1) is 12.7. The van der Waals surface area contributed by atoms with Crippen molar-refractivity contribution in [3.63, 3.8) is 0 Å². The van der Waals surface area contributed by atoms with Gasteiger partial charge in [-0.15, -0.1) is 11.3 Å². The van der Waals surface area contributed by atoms with Gasteiger partial charge in [0.15, 0.2) is 11.5 Å². The van der Waals surface area contributed by atoms with Crippen LogP contribution in [0.25, 0.3) is 23.2 Å². The second-order valence-electron chi connectivity index (χ2n) is 5.80. The molecule has 0 aliphatic heterocycles. The maximum atomic E-state index is 12.3. The normalized spacial score (nSPS) is 11.3. The Balaban J connectivity index is 1.74. The molecule has 5 heteroatoms. The van der Waals surface area contributed by atoms with E-state index in [0.717, 1.165) is 17.0 Å². The molecule has 128 valence electrons. The lowest BCUT2D eigenvalue weighted by atomic mass is 10.1. The zero-order valence-corrected chi connectivity index (χ0v) is 14.9. The van der Waals surface area contributed by atoms with Gasteiger partial charge in [0.05, 0.1) is 10.6 Å². The van der Waals surface area contributed by atoms with Gasteiger partial charge in [0.1, 0.15) is 11.5 Å². The number of aryl methyl sites for hydroxylation is 1. The van der Waals surface area contributed by atoms with E-state index < -0.39 is 0 Å². The third kappa shape index (κ3) is 3.30. The quantitative estimate of drug-likeness (QED) is 0.354. The number of ketones is 1. The Morgan fingerprint density at radius 3 is 2.65 bits per heavy atom. The molecule has 0 radical (unpaired) electrons. The third-order valence-electron chi connectivity index (χ3n) is 3.92. The lowest BCUT2D eigenvalue weighted by Gasteiger charge is -1.98. The van der Waals surface area contributed by atoms with E-state index in [1.165, 1.54) is 11.3 Å². The molecule has 4 rings (SSSR count).